The fourth-order valence-corrected chi connectivity index (χ4v) is 3.30. The molecule has 0 aliphatic heterocycles. The molecule has 0 atom stereocenters. The molecular weight excluding hydrogens is 268 g/mol. The Balaban J connectivity index is 2.07. The summed E-state index contributed by atoms with van der Waals surface area (Å²) in [4.78, 5) is 15.6. The molecule has 0 aliphatic rings. The molecule has 0 amide bonds. The molecular formula is C12H12N2O2S2. The molecule has 0 bridgehead atoms. The van der Waals surface area contributed by atoms with E-state index in [9.17, 15) is 4.79 Å². The highest BCUT2D eigenvalue weighted by Gasteiger charge is 2.10. The molecule has 18 heavy (non-hydrogen) atoms. The Hall–Kier alpha value is -1.53. The van der Waals surface area contributed by atoms with Gasteiger partial charge in [-0.05, 0) is 5.56 Å². The second kappa shape index (κ2) is 5.88. The van der Waals surface area contributed by atoms with E-state index in [1.54, 1.807) is 0 Å². The topological polar surface area (TPSA) is 76.2 Å². The van der Waals surface area contributed by atoms with Crippen molar-refractivity contribution in [2.75, 3.05) is 11.5 Å². The van der Waals surface area contributed by atoms with Crippen molar-refractivity contribution in [3.05, 3.63) is 40.8 Å². The number of anilines is 1. The average Bonchev–Trinajstić information content (AvgIpc) is 2.69. The summed E-state index contributed by atoms with van der Waals surface area (Å²) in [5.41, 5.74) is 7.00. The van der Waals surface area contributed by atoms with Gasteiger partial charge in [-0.3, -0.25) is 4.79 Å². The van der Waals surface area contributed by atoms with Gasteiger partial charge < -0.3 is 10.8 Å². The number of hydrogen-bond acceptors (Lipinski definition) is 5. The van der Waals surface area contributed by atoms with Crippen LogP contribution in [0.2, 0.25) is 0 Å². The average molecular weight is 280 g/mol. The smallest absolute Gasteiger partial charge is 0.313 e. The van der Waals surface area contributed by atoms with E-state index in [0.717, 1.165) is 11.3 Å². The van der Waals surface area contributed by atoms with E-state index in [1.165, 1.54) is 28.7 Å². The molecule has 1 heterocycles. The molecule has 3 N–H and O–H groups in total. The zero-order valence-electron chi connectivity index (χ0n) is 9.50. The molecule has 1 aromatic carbocycles. The van der Waals surface area contributed by atoms with Crippen LogP contribution in [0, 0.1) is 0 Å². The SMILES string of the molecule is Nc1nc(SCC(=O)O)sc1Cc1ccccc1. The van der Waals surface area contributed by atoms with Gasteiger partial charge in [-0.2, -0.15) is 0 Å². The third-order valence-electron chi connectivity index (χ3n) is 2.23. The molecule has 4 nitrogen and oxygen atoms in total. The Morgan fingerprint density at radius 3 is 2.78 bits per heavy atom. The van der Waals surface area contributed by atoms with Crippen LogP contribution in [0.15, 0.2) is 34.7 Å². The van der Waals surface area contributed by atoms with Crippen LogP contribution in [0.4, 0.5) is 5.82 Å². The number of carboxylic acid groups (broad SMARTS) is 1. The highest BCUT2D eigenvalue weighted by atomic mass is 32.2. The van der Waals surface area contributed by atoms with Crippen LogP contribution >= 0.6 is 23.1 Å². The van der Waals surface area contributed by atoms with E-state index in [2.05, 4.69) is 4.98 Å². The van der Waals surface area contributed by atoms with Crippen molar-refractivity contribution in [3.8, 4) is 0 Å². The number of thiazole rings is 1. The van der Waals surface area contributed by atoms with E-state index >= 15 is 0 Å². The molecule has 0 fully saturated rings. The van der Waals surface area contributed by atoms with Crippen molar-refractivity contribution >= 4 is 34.9 Å². The van der Waals surface area contributed by atoms with E-state index in [4.69, 9.17) is 10.8 Å². The fraction of sp³-hybridized carbons (Fsp3) is 0.167. The lowest BCUT2D eigenvalue weighted by molar-refractivity contribution is -0.133. The zero-order chi connectivity index (χ0) is 13.0. The quantitative estimate of drug-likeness (QED) is 0.823. The first-order valence-electron chi connectivity index (χ1n) is 5.29. The first-order chi connectivity index (χ1) is 8.65. The van der Waals surface area contributed by atoms with Gasteiger partial charge in [0.1, 0.15) is 5.82 Å². The summed E-state index contributed by atoms with van der Waals surface area (Å²) in [6.45, 7) is 0. The molecule has 0 unspecified atom stereocenters. The molecule has 1 aromatic heterocycles. The molecule has 2 rings (SSSR count). The van der Waals surface area contributed by atoms with Gasteiger partial charge >= 0.3 is 5.97 Å². The second-order valence-electron chi connectivity index (χ2n) is 3.63. The largest absolute Gasteiger partial charge is 0.481 e. The molecule has 0 saturated heterocycles. The molecule has 0 radical (unpaired) electrons. The second-order valence-corrected chi connectivity index (χ2v) is 5.94. The van der Waals surface area contributed by atoms with Crippen LogP contribution < -0.4 is 5.73 Å². The highest BCUT2D eigenvalue weighted by Crippen LogP contribution is 2.30. The number of aliphatic carboxylic acids is 1. The van der Waals surface area contributed by atoms with Crippen LogP contribution in [-0.2, 0) is 11.2 Å². The van der Waals surface area contributed by atoms with Crippen LogP contribution in [-0.4, -0.2) is 21.8 Å². The lowest BCUT2D eigenvalue weighted by atomic mass is 10.1. The van der Waals surface area contributed by atoms with Crippen molar-refractivity contribution in [3.63, 3.8) is 0 Å². The lowest BCUT2D eigenvalue weighted by Crippen LogP contribution is -1.97. The number of nitrogens with two attached hydrogens (primary N) is 1. The van der Waals surface area contributed by atoms with Gasteiger partial charge in [0.15, 0.2) is 4.34 Å². The maximum Gasteiger partial charge on any atom is 0.313 e. The maximum absolute atomic E-state index is 10.5. The summed E-state index contributed by atoms with van der Waals surface area (Å²) in [6, 6.07) is 9.99. The summed E-state index contributed by atoms with van der Waals surface area (Å²) in [6.07, 6.45) is 0.734. The number of nitrogen functional groups attached to an aromatic ring is 1. The summed E-state index contributed by atoms with van der Waals surface area (Å²) in [5, 5.41) is 8.61. The number of rotatable bonds is 5. The molecule has 0 saturated carbocycles. The van der Waals surface area contributed by atoms with Crippen molar-refractivity contribution in [1.29, 1.82) is 0 Å². The number of benzene rings is 1. The van der Waals surface area contributed by atoms with Gasteiger partial charge in [0.2, 0.25) is 0 Å². The van der Waals surface area contributed by atoms with Crippen LogP contribution in [0.5, 0.6) is 0 Å². The number of thioether (sulfide) groups is 1. The fourth-order valence-electron chi connectivity index (χ4n) is 1.43. The molecule has 2 aromatic rings. The van der Waals surface area contributed by atoms with Gasteiger partial charge in [-0.25, -0.2) is 4.98 Å². The lowest BCUT2D eigenvalue weighted by Gasteiger charge is -1.98. The first-order valence-corrected chi connectivity index (χ1v) is 7.09. The van der Waals surface area contributed by atoms with E-state index < -0.39 is 5.97 Å². The predicted octanol–water partition coefficient (Wildman–Crippen LogP) is 2.49. The van der Waals surface area contributed by atoms with Crippen molar-refractivity contribution in [1.82, 2.24) is 4.98 Å². The monoisotopic (exact) mass is 280 g/mol. The maximum atomic E-state index is 10.5. The standard InChI is InChI=1S/C12H12N2O2S2/c13-11-9(6-8-4-2-1-3-5-8)18-12(14-11)17-7-10(15)16/h1-5H,6-7,13H2,(H,15,16). The normalized spacial score (nSPS) is 10.4. The molecule has 6 heteroatoms. The summed E-state index contributed by atoms with van der Waals surface area (Å²) < 4.78 is 0.709. The van der Waals surface area contributed by atoms with Crippen LogP contribution in [0.1, 0.15) is 10.4 Å². The third kappa shape index (κ3) is 3.48. The van der Waals surface area contributed by atoms with Gasteiger partial charge in [0.25, 0.3) is 0 Å². The van der Waals surface area contributed by atoms with Crippen molar-refractivity contribution in [2.24, 2.45) is 0 Å². The molecule has 0 aliphatic carbocycles. The van der Waals surface area contributed by atoms with Gasteiger partial charge in [-0.1, -0.05) is 42.1 Å². The minimum Gasteiger partial charge on any atom is -0.481 e. The van der Waals surface area contributed by atoms with Crippen molar-refractivity contribution in [2.45, 2.75) is 10.8 Å². The number of carboxylic acids is 1. The number of aromatic nitrogens is 1. The van der Waals surface area contributed by atoms with Gasteiger partial charge in [-0.15, -0.1) is 11.3 Å². The minimum absolute atomic E-state index is 0.0116. The Morgan fingerprint density at radius 1 is 1.39 bits per heavy atom. The number of hydrogen-bond donors (Lipinski definition) is 2. The van der Waals surface area contributed by atoms with E-state index in [-0.39, 0.29) is 5.75 Å². The summed E-state index contributed by atoms with van der Waals surface area (Å²) in [7, 11) is 0. The molecule has 94 valence electrons. The predicted molar refractivity (Wildman–Crippen MR) is 74.1 cm³/mol. The molecule has 0 spiro atoms. The van der Waals surface area contributed by atoms with Gasteiger partial charge in [0, 0.05) is 6.42 Å². The Kier molecular flexibility index (Phi) is 4.22. The van der Waals surface area contributed by atoms with Crippen LogP contribution in [0.25, 0.3) is 0 Å². The number of nitrogens with zero attached hydrogens (tertiary/aromatic N) is 1. The van der Waals surface area contributed by atoms with E-state index in [1.807, 2.05) is 30.3 Å². The van der Waals surface area contributed by atoms with Crippen LogP contribution in [0.3, 0.4) is 0 Å². The summed E-state index contributed by atoms with van der Waals surface area (Å²) in [5.74, 6) is -0.340. The zero-order valence-corrected chi connectivity index (χ0v) is 11.1. The Morgan fingerprint density at radius 2 is 2.11 bits per heavy atom. The Labute approximate surface area is 113 Å². The minimum atomic E-state index is -0.849. The summed E-state index contributed by atoms with van der Waals surface area (Å²) >= 11 is 2.66. The third-order valence-corrected chi connectivity index (χ3v) is 4.43. The highest BCUT2D eigenvalue weighted by molar-refractivity contribution is 8.01. The van der Waals surface area contributed by atoms with Crippen molar-refractivity contribution < 1.29 is 9.90 Å². The number of carbonyl (C=O) groups is 1. The van der Waals surface area contributed by atoms with E-state index in [0.29, 0.717) is 10.2 Å². The first kappa shape index (κ1) is 12.9. The van der Waals surface area contributed by atoms with Gasteiger partial charge in [0.05, 0.1) is 10.6 Å². The Bertz CT molecular complexity index is 540.